The molecule has 174 valence electrons. The molecule has 1 heterocycles. The molecule has 0 saturated carbocycles. The molecule has 1 atom stereocenters. The molecule has 0 bridgehead atoms. The predicted molar refractivity (Wildman–Crippen MR) is 117 cm³/mol. The van der Waals surface area contributed by atoms with Crippen molar-refractivity contribution in [3.05, 3.63) is 12.2 Å². The molecule has 0 aliphatic carbocycles. The predicted octanol–water partition coefficient (Wildman–Crippen LogP) is 1.90. The first kappa shape index (κ1) is 21.1. The van der Waals surface area contributed by atoms with Gasteiger partial charge in [-0.05, 0) is 45.4 Å². The fraction of sp³-hybridized carbons (Fsp3) is 0.650. The minimum Gasteiger partial charge on any atom is -0.463 e. The number of esters is 1. The summed E-state index contributed by atoms with van der Waals surface area (Å²) in [6.07, 6.45) is 8.81. The van der Waals surface area contributed by atoms with Gasteiger partial charge in [-0.2, -0.15) is 0 Å². The third kappa shape index (κ3) is 12.2. The number of ether oxygens (including phenoxy) is 1. The number of rotatable bonds is 1. The molecule has 2 amide bonds. The third-order valence-corrected chi connectivity index (χ3v) is 4.37. The molecule has 0 aromatic rings. The van der Waals surface area contributed by atoms with E-state index in [1.165, 1.54) is 0 Å². The highest BCUT2D eigenvalue weighted by molar-refractivity contribution is 6.02. The van der Waals surface area contributed by atoms with Crippen molar-refractivity contribution in [2.24, 2.45) is 15.7 Å². The van der Waals surface area contributed by atoms with E-state index in [1.54, 1.807) is 6.92 Å². The van der Waals surface area contributed by atoms with Crippen LogP contribution in [0.2, 0.25) is 0 Å². The Bertz CT molecular complexity index is 785. The van der Waals surface area contributed by atoms with Crippen LogP contribution in [-0.2, 0) is 14.3 Å². The van der Waals surface area contributed by atoms with Crippen molar-refractivity contribution in [2.75, 3.05) is 13.5 Å². The summed E-state index contributed by atoms with van der Waals surface area (Å²) >= 11 is 0. The number of hydrogen-bond donors (Lipinski definition) is 4. The summed E-state index contributed by atoms with van der Waals surface area (Å²) in [5.74, 6) is -2.51. The third-order valence-electron chi connectivity index (χ3n) is 4.37. The molecule has 5 N–H and O–H groups in total. The number of nitrogens with two attached hydrogens (primary N) is 1. The van der Waals surface area contributed by atoms with Gasteiger partial charge in [-0.25, -0.2) is 9.80 Å². The summed E-state index contributed by atoms with van der Waals surface area (Å²) < 4.78 is 26.9. The topological polar surface area (TPSA) is 159 Å². The lowest BCUT2D eigenvalue weighted by molar-refractivity contribution is -0.149. The number of carbonyl (C=O) groups excluding carboxylic acids is 2. The SMILES string of the molecule is [2H]C([2H])([2H])N=C(N)NN1CC(=O)OC(C)CCC/C=C/CCCCCCC(=O)NC1=NC(=O)O. The van der Waals surface area contributed by atoms with Crippen LogP contribution in [-0.4, -0.2) is 59.6 Å². The Morgan fingerprint density at radius 2 is 2.00 bits per heavy atom. The van der Waals surface area contributed by atoms with Crippen molar-refractivity contribution in [3.63, 3.8) is 0 Å². The van der Waals surface area contributed by atoms with E-state index in [1.807, 2.05) is 0 Å². The maximum Gasteiger partial charge on any atom is 0.434 e. The lowest BCUT2D eigenvalue weighted by atomic mass is 10.1. The molecule has 0 radical (unpaired) electrons. The average molecular weight is 442 g/mol. The molecule has 0 fully saturated rings. The average Bonchev–Trinajstić information content (AvgIpc) is 2.68. The number of carbonyl (C=O) groups is 3. The Labute approximate surface area is 187 Å². The zero-order valence-electron chi connectivity index (χ0n) is 20.8. The van der Waals surface area contributed by atoms with Gasteiger partial charge in [0, 0.05) is 17.5 Å². The maximum atomic E-state index is 12.5. The Hall–Kier alpha value is -3.11. The number of amides is 2. The lowest BCUT2D eigenvalue weighted by Gasteiger charge is -2.26. The van der Waals surface area contributed by atoms with Crippen LogP contribution in [0, 0.1) is 0 Å². The highest BCUT2D eigenvalue weighted by Gasteiger charge is 2.22. The Morgan fingerprint density at radius 3 is 2.71 bits per heavy atom. The highest BCUT2D eigenvalue weighted by Crippen LogP contribution is 2.09. The summed E-state index contributed by atoms with van der Waals surface area (Å²) in [5, 5.41) is 12.3. The Balaban J connectivity index is 3.13. The van der Waals surface area contributed by atoms with Gasteiger partial charge in [0.2, 0.25) is 17.8 Å². The van der Waals surface area contributed by atoms with Gasteiger partial charge in [0.05, 0.1) is 6.10 Å². The lowest BCUT2D eigenvalue weighted by Crippen LogP contribution is -2.56. The standard InChI is InChI=1S/C20H34N6O5/c1-15-12-10-8-6-4-3-5-7-9-11-13-16(27)23-19(24-20(29)30)26(14-17(28)31-15)25-18(21)22-2/h4,6,15H,3,5,7-14H2,1-2H3,(H,29,30)(H3,21,22,25)(H,23,24,27)/b6-4+/i2D3. The minimum atomic E-state index is -2.79. The number of cyclic esters (lactones) is 1. The number of carboxylic acid groups (broad SMARTS) is 1. The van der Waals surface area contributed by atoms with E-state index in [-0.39, 0.29) is 6.42 Å². The van der Waals surface area contributed by atoms with E-state index in [0.717, 1.165) is 43.5 Å². The number of nitrogens with zero attached hydrogens (tertiary/aromatic N) is 3. The van der Waals surface area contributed by atoms with Crippen molar-refractivity contribution in [1.29, 1.82) is 0 Å². The maximum absolute atomic E-state index is 12.5. The van der Waals surface area contributed by atoms with Crippen molar-refractivity contribution >= 4 is 29.9 Å². The van der Waals surface area contributed by atoms with E-state index in [9.17, 15) is 14.4 Å². The van der Waals surface area contributed by atoms with Crippen molar-refractivity contribution in [2.45, 2.75) is 70.8 Å². The van der Waals surface area contributed by atoms with Crippen LogP contribution in [0.15, 0.2) is 22.1 Å². The summed E-state index contributed by atoms with van der Waals surface area (Å²) in [4.78, 5) is 42.7. The van der Waals surface area contributed by atoms with Gasteiger partial charge in [0.15, 0.2) is 0 Å². The van der Waals surface area contributed by atoms with Gasteiger partial charge in [-0.15, -0.1) is 4.99 Å². The van der Waals surface area contributed by atoms with Crippen LogP contribution in [0.25, 0.3) is 0 Å². The molecule has 11 nitrogen and oxygen atoms in total. The second kappa shape index (κ2) is 14.8. The molecule has 1 rings (SSSR count). The van der Waals surface area contributed by atoms with Crippen LogP contribution >= 0.6 is 0 Å². The van der Waals surface area contributed by atoms with Crippen molar-refractivity contribution < 1.29 is 28.3 Å². The minimum absolute atomic E-state index is 0.0998. The van der Waals surface area contributed by atoms with E-state index >= 15 is 0 Å². The van der Waals surface area contributed by atoms with Crippen LogP contribution in [0.3, 0.4) is 0 Å². The summed E-state index contributed by atoms with van der Waals surface area (Å²) in [7, 11) is 0. The monoisotopic (exact) mass is 441 g/mol. The molecule has 0 saturated heterocycles. The zero-order chi connectivity index (χ0) is 25.6. The number of hydrogen-bond acceptors (Lipinski definition) is 5. The van der Waals surface area contributed by atoms with Gasteiger partial charge in [0.25, 0.3) is 0 Å². The second-order valence-electron chi connectivity index (χ2n) is 7.12. The zero-order valence-corrected chi connectivity index (χ0v) is 17.8. The fourth-order valence-corrected chi connectivity index (χ4v) is 2.87. The Morgan fingerprint density at radius 1 is 1.29 bits per heavy atom. The van der Waals surface area contributed by atoms with E-state index in [2.05, 4.69) is 32.9 Å². The number of allylic oxidation sites excluding steroid dienone is 2. The van der Waals surface area contributed by atoms with Crippen LogP contribution in [0.5, 0.6) is 0 Å². The summed E-state index contributed by atoms with van der Waals surface area (Å²) in [6, 6.07) is 0. The smallest absolute Gasteiger partial charge is 0.434 e. The molecule has 11 heteroatoms. The molecule has 0 aromatic carbocycles. The number of aliphatic imine (C=N–C) groups is 2. The van der Waals surface area contributed by atoms with Crippen molar-refractivity contribution in [1.82, 2.24) is 15.8 Å². The van der Waals surface area contributed by atoms with Gasteiger partial charge >= 0.3 is 12.1 Å². The molecule has 1 aliphatic heterocycles. The van der Waals surface area contributed by atoms with Gasteiger partial charge in [-0.3, -0.25) is 25.3 Å². The fourth-order valence-electron chi connectivity index (χ4n) is 2.87. The van der Waals surface area contributed by atoms with Gasteiger partial charge in [-0.1, -0.05) is 25.0 Å². The number of guanidine groups is 2. The molecular weight excluding hydrogens is 404 g/mol. The normalized spacial score (nSPS) is 25.5. The molecule has 0 aromatic heterocycles. The van der Waals surface area contributed by atoms with E-state index in [4.69, 9.17) is 19.7 Å². The molecular formula is C20H34N6O5. The van der Waals surface area contributed by atoms with Crippen molar-refractivity contribution in [3.8, 4) is 0 Å². The molecule has 0 spiro atoms. The van der Waals surface area contributed by atoms with Crippen LogP contribution in [0.4, 0.5) is 4.79 Å². The van der Waals surface area contributed by atoms with Crippen LogP contribution < -0.4 is 16.5 Å². The van der Waals surface area contributed by atoms with E-state index in [0.29, 0.717) is 12.8 Å². The van der Waals surface area contributed by atoms with Crippen LogP contribution in [0.1, 0.15) is 68.8 Å². The highest BCUT2D eigenvalue weighted by atomic mass is 16.5. The molecule has 31 heavy (non-hydrogen) atoms. The molecule has 1 unspecified atom stereocenters. The Kier molecular flexibility index (Phi) is 10.1. The molecule has 1 aliphatic rings. The number of hydrazine groups is 1. The van der Waals surface area contributed by atoms with Gasteiger partial charge in [0.1, 0.15) is 6.54 Å². The first-order valence-corrected chi connectivity index (χ1v) is 10.3. The summed E-state index contributed by atoms with van der Waals surface area (Å²) in [6.45, 7) is -1.70. The number of nitrogens with one attached hydrogen (secondary N) is 2. The first-order chi connectivity index (χ1) is 16.0. The quantitative estimate of drug-likeness (QED) is 0.208. The second-order valence-corrected chi connectivity index (χ2v) is 7.12. The van der Waals surface area contributed by atoms with Gasteiger partial charge < -0.3 is 15.6 Å². The summed E-state index contributed by atoms with van der Waals surface area (Å²) in [5.41, 5.74) is 7.91. The largest absolute Gasteiger partial charge is 0.463 e. The van der Waals surface area contributed by atoms with E-state index < -0.39 is 49.5 Å². The first-order valence-electron chi connectivity index (χ1n) is 11.8.